The van der Waals surface area contributed by atoms with Gasteiger partial charge in [-0.25, -0.2) is 4.68 Å². The molecule has 20 heavy (non-hydrogen) atoms. The molecule has 0 aliphatic rings. The highest BCUT2D eigenvalue weighted by atomic mass is 16.4. The lowest BCUT2D eigenvalue weighted by Gasteiger charge is -2.17. The van der Waals surface area contributed by atoms with Crippen LogP contribution < -0.4 is 5.32 Å². The Labute approximate surface area is 118 Å². The van der Waals surface area contributed by atoms with Gasteiger partial charge in [0.25, 0.3) is 0 Å². The van der Waals surface area contributed by atoms with Crippen LogP contribution in [0.3, 0.4) is 0 Å². The molecule has 1 aromatic heterocycles. The van der Waals surface area contributed by atoms with Crippen molar-refractivity contribution < 1.29 is 9.90 Å². The molecule has 5 heteroatoms. The van der Waals surface area contributed by atoms with E-state index in [0.717, 1.165) is 11.3 Å². The molecule has 2 rings (SSSR count). The van der Waals surface area contributed by atoms with E-state index >= 15 is 0 Å². The second-order valence-corrected chi connectivity index (χ2v) is 5.07. The molecule has 106 valence electrons. The highest BCUT2D eigenvalue weighted by Gasteiger charge is 2.20. The Morgan fingerprint density at radius 3 is 2.65 bits per heavy atom. The van der Waals surface area contributed by atoms with Crippen LogP contribution in [0, 0.1) is 5.92 Å². The van der Waals surface area contributed by atoms with Gasteiger partial charge < -0.3 is 5.11 Å². The molecule has 0 aliphatic heterocycles. The van der Waals surface area contributed by atoms with Crippen molar-refractivity contribution in [3.05, 3.63) is 48.3 Å². The number of benzene rings is 1. The first-order chi connectivity index (χ1) is 9.58. The zero-order valence-corrected chi connectivity index (χ0v) is 11.7. The zero-order chi connectivity index (χ0) is 14.5. The predicted octanol–water partition coefficient (Wildman–Crippen LogP) is 2.07. The number of hydrogen-bond acceptors (Lipinski definition) is 3. The van der Waals surface area contributed by atoms with Gasteiger partial charge in [-0.05, 0) is 18.1 Å². The van der Waals surface area contributed by atoms with E-state index in [9.17, 15) is 4.79 Å². The summed E-state index contributed by atoms with van der Waals surface area (Å²) >= 11 is 0. The summed E-state index contributed by atoms with van der Waals surface area (Å²) in [6.07, 6.45) is 3.65. The highest BCUT2D eigenvalue weighted by Crippen LogP contribution is 2.09. The van der Waals surface area contributed by atoms with Crippen LogP contribution in [0.15, 0.2) is 42.7 Å². The van der Waals surface area contributed by atoms with Gasteiger partial charge in [0.15, 0.2) is 0 Å². The number of carboxylic acid groups (broad SMARTS) is 1. The molecule has 0 spiro atoms. The second kappa shape index (κ2) is 6.34. The molecule has 0 fully saturated rings. The fraction of sp³-hybridized carbons (Fsp3) is 0.333. The number of carbonyl (C=O) groups is 1. The molecule has 2 aromatic rings. The summed E-state index contributed by atoms with van der Waals surface area (Å²) in [6, 6.07) is 9.25. The van der Waals surface area contributed by atoms with Gasteiger partial charge in [-0.1, -0.05) is 32.0 Å². The van der Waals surface area contributed by atoms with E-state index in [0.29, 0.717) is 6.54 Å². The zero-order valence-electron chi connectivity index (χ0n) is 11.7. The van der Waals surface area contributed by atoms with E-state index in [2.05, 4.69) is 10.4 Å². The van der Waals surface area contributed by atoms with Crippen molar-refractivity contribution in [2.24, 2.45) is 5.92 Å². The first-order valence-corrected chi connectivity index (χ1v) is 6.63. The van der Waals surface area contributed by atoms with Crippen LogP contribution in [0.1, 0.15) is 19.4 Å². The van der Waals surface area contributed by atoms with Gasteiger partial charge in [-0.15, -0.1) is 0 Å². The lowest BCUT2D eigenvalue weighted by molar-refractivity contribution is -0.140. The summed E-state index contributed by atoms with van der Waals surface area (Å²) in [5.74, 6) is -0.785. The van der Waals surface area contributed by atoms with E-state index in [-0.39, 0.29) is 5.92 Å². The van der Waals surface area contributed by atoms with Crippen molar-refractivity contribution in [2.75, 3.05) is 0 Å². The minimum absolute atomic E-state index is 0.0386. The summed E-state index contributed by atoms with van der Waals surface area (Å²) in [6.45, 7) is 4.26. The Kier molecular flexibility index (Phi) is 4.53. The molecule has 5 nitrogen and oxygen atoms in total. The molecular weight excluding hydrogens is 254 g/mol. The van der Waals surface area contributed by atoms with E-state index in [1.807, 2.05) is 50.4 Å². The summed E-state index contributed by atoms with van der Waals surface area (Å²) in [5.41, 5.74) is 1.94. The van der Waals surface area contributed by atoms with Gasteiger partial charge in [0.05, 0.1) is 11.9 Å². The molecule has 0 bridgehead atoms. The smallest absolute Gasteiger partial charge is 0.320 e. The van der Waals surface area contributed by atoms with Crippen molar-refractivity contribution in [1.82, 2.24) is 15.1 Å². The topological polar surface area (TPSA) is 67.2 Å². The van der Waals surface area contributed by atoms with Crippen molar-refractivity contribution in [1.29, 1.82) is 0 Å². The fourth-order valence-electron chi connectivity index (χ4n) is 2.01. The third-order valence-electron chi connectivity index (χ3n) is 3.12. The van der Waals surface area contributed by atoms with Crippen LogP contribution in [0.25, 0.3) is 5.69 Å². The first kappa shape index (κ1) is 14.3. The first-order valence-electron chi connectivity index (χ1n) is 6.63. The second-order valence-electron chi connectivity index (χ2n) is 5.07. The van der Waals surface area contributed by atoms with Crippen LogP contribution >= 0.6 is 0 Å². The average Bonchev–Trinajstić information content (AvgIpc) is 2.88. The minimum Gasteiger partial charge on any atom is -0.480 e. The minimum atomic E-state index is -0.824. The van der Waals surface area contributed by atoms with Gasteiger partial charge in [0, 0.05) is 18.3 Å². The number of nitrogens with zero attached hydrogens (tertiary/aromatic N) is 2. The number of rotatable bonds is 6. The number of carboxylic acids is 1. The largest absolute Gasteiger partial charge is 0.480 e. The van der Waals surface area contributed by atoms with Crippen LogP contribution in [0.5, 0.6) is 0 Å². The number of aromatic nitrogens is 2. The van der Waals surface area contributed by atoms with E-state index in [1.165, 1.54) is 0 Å². The quantitative estimate of drug-likeness (QED) is 0.845. The molecule has 1 aromatic carbocycles. The molecule has 0 saturated heterocycles. The molecule has 1 atom stereocenters. The summed E-state index contributed by atoms with van der Waals surface area (Å²) in [7, 11) is 0. The number of hydrogen-bond donors (Lipinski definition) is 2. The molecule has 0 amide bonds. The SMILES string of the molecule is CC(C)[C@@H](NCc1cnn(-c2ccccc2)c1)C(=O)O. The number of para-hydroxylation sites is 1. The maximum atomic E-state index is 11.1. The van der Waals surface area contributed by atoms with Crippen LogP contribution in [0.4, 0.5) is 0 Å². The fourth-order valence-corrected chi connectivity index (χ4v) is 2.01. The summed E-state index contributed by atoms with van der Waals surface area (Å²) < 4.78 is 1.78. The maximum absolute atomic E-state index is 11.1. The van der Waals surface area contributed by atoms with Crippen molar-refractivity contribution >= 4 is 5.97 Å². The van der Waals surface area contributed by atoms with Gasteiger partial charge >= 0.3 is 5.97 Å². The van der Waals surface area contributed by atoms with Gasteiger partial charge in [-0.2, -0.15) is 5.10 Å². The van der Waals surface area contributed by atoms with Gasteiger partial charge in [0.2, 0.25) is 0 Å². The van der Waals surface area contributed by atoms with E-state index < -0.39 is 12.0 Å². The third-order valence-corrected chi connectivity index (χ3v) is 3.12. The Morgan fingerprint density at radius 1 is 1.35 bits per heavy atom. The Morgan fingerprint density at radius 2 is 2.05 bits per heavy atom. The van der Waals surface area contributed by atoms with Crippen LogP contribution in [-0.4, -0.2) is 26.9 Å². The van der Waals surface area contributed by atoms with E-state index in [4.69, 9.17) is 5.11 Å². The van der Waals surface area contributed by atoms with Crippen LogP contribution in [-0.2, 0) is 11.3 Å². The van der Waals surface area contributed by atoms with E-state index in [1.54, 1.807) is 10.9 Å². The Bertz CT molecular complexity index is 564. The third kappa shape index (κ3) is 3.45. The van der Waals surface area contributed by atoms with Gasteiger partial charge in [-0.3, -0.25) is 10.1 Å². The molecule has 0 aliphatic carbocycles. The number of nitrogens with one attached hydrogen (secondary N) is 1. The summed E-state index contributed by atoms with van der Waals surface area (Å²) in [4.78, 5) is 11.1. The molecule has 2 N–H and O–H groups in total. The molecule has 0 radical (unpaired) electrons. The highest BCUT2D eigenvalue weighted by molar-refractivity contribution is 5.73. The lowest BCUT2D eigenvalue weighted by Crippen LogP contribution is -2.40. The van der Waals surface area contributed by atoms with Crippen LogP contribution in [0.2, 0.25) is 0 Å². The lowest BCUT2D eigenvalue weighted by atomic mass is 10.0. The number of aliphatic carboxylic acids is 1. The van der Waals surface area contributed by atoms with Crippen molar-refractivity contribution in [2.45, 2.75) is 26.4 Å². The molecule has 0 saturated carbocycles. The maximum Gasteiger partial charge on any atom is 0.320 e. The molecule has 0 unspecified atom stereocenters. The van der Waals surface area contributed by atoms with Crippen molar-refractivity contribution in [3.8, 4) is 5.69 Å². The average molecular weight is 273 g/mol. The standard InChI is InChI=1S/C15H19N3O2/c1-11(2)14(15(19)20)16-8-12-9-17-18(10-12)13-6-4-3-5-7-13/h3-7,9-11,14,16H,8H2,1-2H3,(H,19,20)/t14-/m1/s1. The normalized spacial score (nSPS) is 12.6. The predicted molar refractivity (Wildman–Crippen MR) is 76.7 cm³/mol. The Hall–Kier alpha value is -2.14. The van der Waals surface area contributed by atoms with Crippen molar-refractivity contribution in [3.63, 3.8) is 0 Å². The van der Waals surface area contributed by atoms with Gasteiger partial charge in [0.1, 0.15) is 6.04 Å². The Balaban J connectivity index is 2.02. The molecule has 1 heterocycles. The summed E-state index contributed by atoms with van der Waals surface area (Å²) in [5, 5.41) is 16.5. The monoisotopic (exact) mass is 273 g/mol. The molecular formula is C15H19N3O2.